The van der Waals surface area contributed by atoms with E-state index in [2.05, 4.69) is 16.7 Å². The lowest BCUT2D eigenvalue weighted by molar-refractivity contribution is -0.138. The van der Waals surface area contributed by atoms with E-state index in [-0.39, 0.29) is 18.1 Å². The zero-order chi connectivity index (χ0) is 15.2. The topological polar surface area (TPSA) is 43.8 Å². The van der Waals surface area contributed by atoms with E-state index in [1.165, 1.54) is 12.8 Å². The molecular formula is C17H32N2O2. The van der Waals surface area contributed by atoms with Crippen LogP contribution in [0.3, 0.4) is 0 Å². The first-order chi connectivity index (χ1) is 10.2. The van der Waals surface area contributed by atoms with E-state index in [9.17, 15) is 9.90 Å². The number of carbonyl (C=O) groups is 1. The van der Waals surface area contributed by atoms with Crippen LogP contribution in [0.4, 0.5) is 0 Å². The summed E-state index contributed by atoms with van der Waals surface area (Å²) < 4.78 is 0. The summed E-state index contributed by atoms with van der Waals surface area (Å²) in [4.78, 5) is 17.0. The maximum Gasteiger partial charge on any atom is 0.237 e. The molecule has 0 aromatic carbocycles. The van der Waals surface area contributed by atoms with E-state index in [1.54, 1.807) is 0 Å². The summed E-state index contributed by atoms with van der Waals surface area (Å²) in [6.07, 6.45) is 8.45. The van der Waals surface area contributed by atoms with Crippen LogP contribution in [0.1, 0.15) is 65.2 Å². The second kappa shape index (κ2) is 8.14. The SMILES string of the molecule is CCC(O)C1CCCCN1CC(=O)N1CCCCC1CC. The first-order valence-corrected chi connectivity index (χ1v) is 8.89. The number of piperidine rings is 2. The van der Waals surface area contributed by atoms with Gasteiger partial charge in [-0.3, -0.25) is 9.69 Å². The van der Waals surface area contributed by atoms with E-state index in [0.29, 0.717) is 12.6 Å². The number of amides is 1. The van der Waals surface area contributed by atoms with Gasteiger partial charge in [-0.2, -0.15) is 0 Å². The zero-order valence-electron chi connectivity index (χ0n) is 13.8. The second-order valence-electron chi connectivity index (χ2n) is 6.65. The average molecular weight is 296 g/mol. The molecule has 0 radical (unpaired) electrons. The van der Waals surface area contributed by atoms with Crippen molar-refractivity contribution in [1.82, 2.24) is 9.80 Å². The van der Waals surface area contributed by atoms with Gasteiger partial charge in [0.25, 0.3) is 0 Å². The molecular weight excluding hydrogens is 264 g/mol. The number of hydrogen-bond acceptors (Lipinski definition) is 3. The van der Waals surface area contributed by atoms with Crippen molar-refractivity contribution < 1.29 is 9.90 Å². The van der Waals surface area contributed by atoms with E-state index >= 15 is 0 Å². The summed E-state index contributed by atoms with van der Waals surface area (Å²) in [6.45, 7) is 6.58. The third kappa shape index (κ3) is 4.19. The molecule has 21 heavy (non-hydrogen) atoms. The lowest BCUT2D eigenvalue weighted by Crippen LogP contribution is -2.53. The van der Waals surface area contributed by atoms with Crippen molar-refractivity contribution in [3.8, 4) is 0 Å². The number of hydrogen-bond donors (Lipinski definition) is 1. The van der Waals surface area contributed by atoms with Gasteiger partial charge in [0.2, 0.25) is 5.91 Å². The Labute approximate surface area is 129 Å². The Morgan fingerprint density at radius 1 is 1.14 bits per heavy atom. The molecule has 0 saturated carbocycles. The molecule has 4 heteroatoms. The molecule has 1 N–H and O–H groups in total. The largest absolute Gasteiger partial charge is 0.392 e. The molecule has 0 aliphatic carbocycles. The summed E-state index contributed by atoms with van der Waals surface area (Å²) in [5.41, 5.74) is 0. The Kier molecular flexibility index (Phi) is 6.49. The predicted octanol–water partition coefficient (Wildman–Crippen LogP) is 2.40. The molecule has 4 nitrogen and oxygen atoms in total. The van der Waals surface area contributed by atoms with Gasteiger partial charge in [0.05, 0.1) is 12.6 Å². The number of aliphatic hydroxyl groups is 1. The van der Waals surface area contributed by atoms with Crippen molar-refractivity contribution in [3.05, 3.63) is 0 Å². The van der Waals surface area contributed by atoms with Gasteiger partial charge in [-0.25, -0.2) is 0 Å². The van der Waals surface area contributed by atoms with Crippen molar-refractivity contribution in [3.63, 3.8) is 0 Å². The molecule has 2 aliphatic heterocycles. The van der Waals surface area contributed by atoms with Crippen molar-refractivity contribution in [1.29, 1.82) is 0 Å². The third-order valence-electron chi connectivity index (χ3n) is 5.28. The quantitative estimate of drug-likeness (QED) is 0.847. The molecule has 3 unspecified atom stereocenters. The number of likely N-dealkylation sites (tertiary alicyclic amines) is 2. The number of aliphatic hydroxyl groups excluding tert-OH is 1. The van der Waals surface area contributed by atoms with Gasteiger partial charge in [-0.1, -0.05) is 20.3 Å². The van der Waals surface area contributed by atoms with Crippen LogP contribution in [0, 0.1) is 0 Å². The predicted molar refractivity (Wildman–Crippen MR) is 85.2 cm³/mol. The molecule has 2 saturated heterocycles. The molecule has 0 bridgehead atoms. The summed E-state index contributed by atoms with van der Waals surface area (Å²) >= 11 is 0. The number of carbonyl (C=O) groups excluding carboxylic acids is 1. The van der Waals surface area contributed by atoms with Crippen LogP contribution in [0.5, 0.6) is 0 Å². The molecule has 0 spiro atoms. The normalized spacial score (nSPS) is 29.4. The molecule has 3 atom stereocenters. The summed E-state index contributed by atoms with van der Waals surface area (Å²) in [5.74, 6) is 0.275. The second-order valence-corrected chi connectivity index (χ2v) is 6.65. The highest BCUT2D eigenvalue weighted by Crippen LogP contribution is 2.23. The van der Waals surface area contributed by atoms with Gasteiger partial charge in [-0.15, -0.1) is 0 Å². The summed E-state index contributed by atoms with van der Waals surface area (Å²) in [6, 6.07) is 0.614. The van der Waals surface area contributed by atoms with Crippen molar-refractivity contribution >= 4 is 5.91 Å². The Hall–Kier alpha value is -0.610. The van der Waals surface area contributed by atoms with E-state index in [0.717, 1.165) is 51.6 Å². The van der Waals surface area contributed by atoms with Gasteiger partial charge in [0.15, 0.2) is 0 Å². The van der Waals surface area contributed by atoms with Crippen molar-refractivity contribution in [2.45, 2.75) is 83.4 Å². The Morgan fingerprint density at radius 3 is 2.57 bits per heavy atom. The van der Waals surface area contributed by atoms with E-state index in [1.807, 2.05) is 6.92 Å². The van der Waals surface area contributed by atoms with Gasteiger partial charge in [-0.05, 0) is 51.5 Å². The molecule has 2 rings (SSSR count). The maximum atomic E-state index is 12.7. The molecule has 1 amide bonds. The molecule has 0 aromatic heterocycles. The fraction of sp³-hybridized carbons (Fsp3) is 0.941. The zero-order valence-corrected chi connectivity index (χ0v) is 13.8. The van der Waals surface area contributed by atoms with Crippen LogP contribution < -0.4 is 0 Å². The lowest BCUT2D eigenvalue weighted by atomic mass is 9.95. The maximum absolute atomic E-state index is 12.7. The minimum atomic E-state index is -0.290. The summed E-state index contributed by atoms with van der Waals surface area (Å²) in [7, 11) is 0. The smallest absolute Gasteiger partial charge is 0.237 e. The molecule has 0 aromatic rings. The van der Waals surface area contributed by atoms with Crippen molar-refractivity contribution in [2.24, 2.45) is 0 Å². The molecule has 2 aliphatic rings. The minimum Gasteiger partial charge on any atom is -0.392 e. The fourth-order valence-electron chi connectivity index (χ4n) is 3.94. The van der Waals surface area contributed by atoms with Crippen LogP contribution >= 0.6 is 0 Å². The highest BCUT2D eigenvalue weighted by atomic mass is 16.3. The minimum absolute atomic E-state index is 0.178. The Morgan fingerprint density at radius 2 is 1.86 bits per heavy atom. The van der Waals surface area contributed by atoms with E-state index in [4.69, 9.17) is 0 Å². The molecule has 122 valence electrons. The van der Waals surface area contributed by atoms with Gasteiger partial charge < -0.3 is 10.0 Å². The van der Waals surface area contributed by atoms with Crippen LogP contribution in [-0.2, 0) is 4.79 Å². The van der Waals surface area contributed by atoms with E-state index < -0.39 is 0 Å². The average Bonchev–Trinajstić information content (AvgIpc) is 2.54. The third-order valence-corrected chi connectivity index (χ3v) is 5.28. The Balaban J connectivity index is 1.95. The van der Waals surface area contributed by atoms with Gasteiger partial charge in [0.1, 0.15) is 0 Å². The number of rotatable bonds is 5. The molecule has 2 fully saturated rings. The summed E-state index contributed by atoms with van der Waals surface area (Å²) in [5, 5.41) is 10.2. The van der Waals surface area contributed by atoms with Gasteiger partial charge in [0, 0.05) is 18.6 Å². The first kappa shape index (κ1) is 16.8. The first-order valence-electron chi connectivity index (χ1n) is 8.89. The van der Waals surface area contributed by atoms with Crippen LogP contribution in [0.2, 0.25) is 0 Å². The van der Waals surface area contributed by atoms with Gasteiger partial charge >= 0.3 is 0 Å². The monoisotopic (exact) mass is 296 g/mol. The van der Waals surface area contributed by atoms with Crippen LogP contribution in [0.15, 0.2) is 0 Å². The van der Waals surface area contributed by atoms with Crippen molar-refractivity contribution in [2.75, 3.05) is 19.6 Å². The highest BCUT2D eigenvalue weighted by molar-refractivity contribution is 5.78. The van der Waals surface area contributed by atoms with Crippen LogP contribution in [0.25, 0.3) is 0 Å². The highest BCUT2D eigenvalue weighted by Gasteiger charge is 2.32. The lowest BCUT2D eigenvalue weighted by Gasteiger charge is -2.41. The fourth-order valence-corrected chi connectivity index (χ4v) is 3.94. The van der Waals surface area contributed by atoms with Crippen LogP contribution in [-0.4, -0.2) is 58.6 Å². The Bertz CT molecular complexity index is 335. The molecule has 2 heterocycles. The number of nitrogens with zero attached hydrogens (tertiary/aromatic N) is 2. The standard InChI is InChI=1S/C17H32N2O2/c1-3-14-9-5-8-12-19(14)17(21)13-18-11-7-6-10-15(18)16(20)4-2/h14-16,20H,3-13H2,1-2H3.